The van der Waals surface area contributed by atoms with Crippen molar-refractivity contribution in [2.75, 3.05) is 13.2 Å². The molecule has 0 atom stereocenters. The summed E-state index contributed by atoms with van der Waals surface area (Å²) in [5.41, 5.74) is 0.0525. The van der Waals surface area contributed by atoms with Crippen LogP contribution in [0.3, 0.4) is 0 Å². The maximum Gasteiger partial charge on any atom is 0.322 e. The van der Waals surface area contributed by atoms with Gasteiger partial charge in [0.15, 0.2) is 14.2 Å². The Kier molecular flexibility index (Phi) is 7.05. The van der Waals surface area contributed by atoms with Crippen LogP contribution in [-0.4, -0.2) is 43.7 Å². The Labute approximate surface area is 153 Å². The highest BCUT2D eigenvalue weighted by Gasteiger charge is 2.37. The summed E-state index contributed by atoms with van der Waals surface area (Å²) in [6.07, 6.45) is 0. The van der Waals surface area contributed by atoms with Crippen molar-refractivity contribution in [2.45, 2.75) is 44.8 Å². The van der Waals surface area contributed by atoms with Crippen molar-refractivity contribution < 1.29 is 29.0 Å². The molecule has 0 amide bonds. The topological polar surface area (TPSA) is 93.1 Å². The van der Waals surface area contributed by atoms with E-state index in [1.807, 2.05) is 0 Å². The lowest BCUT2D eigenvalue weighted by Gasteiger charge is -2.36. The fourth-order valence-electron chi connectivity index (χ4n) is 1.91. The quantitative estimate of drug-likeness (QED) is 0.397. The number of benzene rings is 1. The number of halogens is 1. The van der Waals surface area contributed by atoms with E-state index in [9.17, 15) is 19.8 Å². The van der Waals surface area contributed by atoms with Crippen LogP contribution in [0.5, 0.6) is 5.75 Å². The fourth-order valence-corrected chi connectivity index (χ4v) is 3.10. The standard InChI is InChI=1S/C17H25ClO6Si/c1-17(2,3)25(4,5)24-9-8-23-13-10-11(18)6-7-12(13)14(15(19)20)16(21)22/h6-7,10,14H,8-9H2,1-5H3,(H,19,20)(H,21,22). The van der Waals surface area contributed by atoms with Crippen LogP contribution in [0.2, 0.25) is 23.2 Å². The Morgan fingerprint density at radius 3 is 2.20 bits per heavy atom. The monoisotopic (exact) mass is 388 g/mol. The van der Waals surface area contributed by atoms with Crippen LogP contribution in [0.15, 0.2) is 18.2 Å². The molecule has 0 unspecified atom stereocenters. The molecule has 0 aromatic heterocycles. The van der Waals surface area contributed by atoms with Crippen molar-refractivity contribution in [2.24, 2.45) is 0 Å². The number of carbonyl (C=O) groups is 2. The Balaban J connectivity index is 2.87. The molecular formula is C17H25ClO6Si. The average molecular weight is 389 g/mol. The van der Waals surface area contributed by atoms with Crippen LogP contribution >= 0.6 is 11.6 Å². The molecule has 0 aliphatic carbocycles. The number of carboxylic acids is 2. The van der Waals surface area contributed by atoms with E-state index in [1.54, 1.807) is 0 Å². The molecule has 0 aliphatic rings. The molecule has 1 rings (SSSR count). The van der Waals surface area contributed by atoms with E-state index < -0.39 is 26.2 Å². The lowest BCUT2D eigenvalue weighted by molar-refractivity contribution is -0.150. The van der Waals surface area contributed by atoms with Crippen LogP contribution in [0, 0.1) is 0 Å². The van der Waals surface area contributed by atoms with Crippen LogP contribution in [-0.2, 0) is 14.0 Å². The molecule has 1 aromatic rings. The molecule has 2 N–H and O–H groups in total. The first-order chi connectivity index (χ1) is 11.4. The first-order valence-electron chi connectivity index (χ1n) is 7.88. The van der Waals surface area contributed by atoms with E-state index in [0.717, 1.165) is 0 Å². The van der Waals surface area contributed by atoms with Crippen molar-refractivity contribution in [3.63, 3.8) is 0 Å². The number of hydrogen-bond acceptors (Lipinski definition) is 4. The molecular weight excluding hydrogens is 364 g/mol. The third-order valence-electron chi connectivity index (χ3n) is 4.39. The molecule has 6 nitrogen and oxygen atoms in total. The zero-order valence-corrected chi connectivity index (χ0v) is 16.9. The molecule has 25 heavy (non-hydrogen) atoms. The van der Waals surface area contributed by atoms with Crippen LogP contribution in [0.1, 0.15) is 32.3 Å². The predicted molar refractivity (Wildman–Crippen MR) is 98.1 cm³/mol. The molecule has 8 heteroatoms. The summed E-state index contributed by atoms with van der Waals surface area (Å²) in [4.78, 5) is 22.5. The van der Waals surface area contributed by atoms with Gasteiger partial charge in [-0.25, -0.2) is 0 Å². The van der Waals surface area contributed by atoms with Gasteiger partial charge >= 0.3 is 11.9 Å². The predicted octanol–water partition coefficient (Wildman–Crippen LogP) is 3.99. The molecule has 0 fully saturated rings. The summed E-state index contributed by atoms with van der Waals surface area (Å²) in [6, 6.07) is 4.22. The average Bonchev–Trinajstić information content (AvgIpc) is 2.44. The lowest BCUT2D eigenvalue weighted by Crippen LogP contribution is -2.41. The second-order valence-corrected chi connectivity index (χ2v) is 12.5. The lowest BCUT2D eigenvalue weighted by atomic mass is 9.98. The van der Waals surface area contributed by atoms with Crippen molar-refractivity contribution in [3.8, 4) is 5.75 Å². The summed E-state index contributed by atoms with van der Waals surface area (Å²) in [6.45, 7) is 11.1. The minimum Gasteiger partial charge on any atom is -0.491 e. The molecule has 0 heterocycles. The van der Waals surface area contributed by atoms with E-state index in [-0.39, 0.29) is 23.0 Å². The largest absolute Gasteiger partial charge is 0.491 e. The zero-order valence-electron chi connectivity index (χ0n) is 15.1. The molecule has 0 radical (unpaired) electrons. The van der Waals surface area contributed by atoms with Gasteiger partial charge in [0.1, 0.15) is 12.4 Å². The van der Waals surface area contributed by atoms with Gasteiger partial charge < -0.3 is 19.4 Å². The van der Waals surface area contributed by atoms with E-state index in [1.165, 1.54) is 18.2 Å². The minimum absolute atomic E-state index is 0.0525. The Bertz CT molecular complexity index is 625. The van der Waals surface area contributed by atoms with Crippen molar-refractivity contribution >= 4 is 31.9 Å². The number of carboxylic acid groups (broad SMARTS) is 2. The summed E-state index contributed by atoms with van der Waals surface area (Å²) < 4.78 is 11.6. The van der Waals surface area contributed by atoms with Crippen LogP contribution in [0.25, 0.3) is 0 Å². The summed E-state index contributed by atoms with van der Waals surface area (Å²) in [5.74, 6) is -4.50. The Hall–Kier alpha value is -1.57. The Morgan fingerprint density at radius 1 is 1.16 bits per heavy atom. The van der Waals surface area contributed by atoms with Gasteiger partial charge in [0.2, 0.25) is 0 Å². The van der Waals surface area contributed by atoms with Gasteiger partial charge in [-0.05, 0) is 30.3 Å². The van der Waals surface area contributed by atoms with Crippen LogP contribution in [0.4, 0.5) is 0 Å². The SMILES string of the molecule is CC(C)(C)[Si](C)(C)OCCOc1cc(Cl)ccc1C(C(=O)O)C(=O)O. The zero-order chi connectivity index (χ0) is 19.4. The maximum atomic E-state index is 11.3. The smallest absolute Gasteiger partial charge is 0.322 e. The van der Waals surface area contributed by atoms with Crippen molar-refractivity contribution in [3.05, 3.63) is 28.8 Å². The summed E-state index contributed by atoms with van der Waals surface area (Å²) in [7, 11) is -1.92. The minimum atomic E-state index is -1.92. The number of hydrogen-bond donors (Lipinski definition) is 2. The maximum absolute atomic E-state index is 11.3. The van der Waals surface area contributed by atoms with Crippen molar-refractivity contribution in [1.29, 1.82) is 0 Å². The second kappa shape index (κ2) is 8.20. The third kappa shape index (κ3) is 5.73. The number of aliphatic carboxylic acids is 2. The van der Waals surface area contributed by atoms with Gasteiger partial charge in [0.25, 0.3) is 0 Å². The number of ether oxygens (including phenoxy) is 1. The first kappa shape index (κ1) is 21.5. The molecule has 1 aromatic carbocycles. The van der Waals surface area contributed by atoms with Gasteiger partial charge in [0, 0.05) is 10.6 Å². The van der Waals surface area contributed by atoms with Crippen LogP contribution < -0.4 is 4.74 Å². The third-order valence-corrected chi connectivity index (χ3v) is 9.16. The van der Waals surface area contributed by atoms with E-state index in [0.29, 0.717) is 11.6 Å². The number of rotatable bonds is 8. The van der Waals surface area contributed by atoms with E-state index in [4.69, 9.17) is 20.8 Å². The summed E-state index contributed by atoms with van der Waals surface area (Å²) in [5, 5.41) is 18.7. The fraction of sp³-hybridized carbons (Fsp3) is 0.529. The molecule has 0 aliphatic heterocycles. The van der Waals surface area contributed by atoms with Gasteiger partial charge in [0.05, 0.1) is 6.61 Å². The van der Waals surface area contributed by atoms with E-state index in [2.05, 4.69) is 33.9 Å². The first-order valence-corrected chi connectivity index (χ1v) is 11.2. The highest BCUT2D eigenvalue weighted by molar-refractivity contribution is 6.74. The summed E-state index contributed by atoms with van der Waals surface area (Å²) >= 11 is 5.93. The van der Waals surface area contributed by atoms with Gasteiger partial charge in [-0.2, -0.15) is 0 Å². The molecule has 140 valence electrons. The van der Waals surface area contributed by atoms with Crippen molar-refractivity contribution in [1.82, 2.24) is 0 Å². The van der Waals surface area contributed by atoms with Gasteiger partial charge in [-0.15, -0.1) is 0 Å². The highest BCUT2D eigenvalue weighted by Crippen LogP contribution is 2.36. The normalized spacial score (nSPS) is 12.3. The molecule has 0 bridgehead atoms. The molecule has 0 saturated carbocycles. The van der Waals surface area contributed by atoms with Gasteiger partial charge in [-0.1, -0.05) is 38.4 Å². The molecule has 0 spiro atoms. The molecule has 0 saturated heterocycles. The Morgan fingerprint density at radius 2 is 1.72 bits per heavy atom. The van der Waals surface area contributed by atoms with E-state index >= 15 is 0 Å². The van der Waals surface area contributed by atoms with Gasteiger partial charge in [-0.3, -0.25) is 9.59 Å². The second-order valence-electron chi connectivity index (χ2n) is 7.25. The highest BCUT2D eigenvalue weighted by atomic mass is 35.5.